The molecule has 7 rings (SSSR count). The molecule has 5 aliphatic rings. The molecule has 152 valence electrons. The van der Waals surface area contributed by atoms with E-state index in [1.54, 1.807) is 12.1 Å². The maximum Gasteiger partial charge on any atom is 0.293 e. The summed E-state index contributed by atoms with van der Waals surface area (Å²) in [6.45, 7) is 1.37. The quantitative estimate of drug-likeness (QED) is 0.825. The first-order valence-corrected chi connectivity index (χ1v) is 11.5. The number of aromatic nitrogens is 1. The van der Waals surface area contributed by atoms with E-state index in [4.69, 9.17) is 4.42 Å². The number of hydrogen-bond donors (Lipinski definition) is 1. The van der Waals surface area contributed by atoms with Gasteiger partial charge in [-0.15, -0.1) is 0 Å². The number of amides is 2. The average Bonchev–Trinajstić information content (AvgIpc) is 3.35. The van der Waals surface area contributed by atoms with E-state index in [2.05, 4.69) is 15.2 Å². The minimum Gasteiger partial charge on any atom is -0.459 e. The van der Waals surface area contributed by atoms with Crippen LogP contribution in [0.15, 0.2) is 22.8 Å². The van der Waals surface area contributed by atoms with Crippen molar-refractivity contribution >= 4 is 28.3 Å². The van der Waals surface area contributed by atoms with E-state index in [9.17, 15) is 9.59 Å². The van der Waals surface area contributed by atoms with E-state index in [1.165, 1.54) is 36.9 Å². The van der Waals surface area contributed by atoms with Crippen LogP contribution in [-0.4, -0.2) is 28.2 Å². The number of thiazole rings is 1. The van der Waals surface area contributed by atoms with Crippen molar-refractivity contribution in [2.24, 2.45) is 23.2 Å². The monoisotopic (exact) mass is 411 g/mol. The van der Waals surface area contributed by atoms with Crippen molar-refractivity contribution in [2.75, 3.05) is 11.9 Å². The Balaban J connectivity index is 1.18. The predicted molar refractivity (Wildman–Crippen MR) is 109 cm³/mol. The lowest BCUT2D eigenvalue weighted by Gasteiger charge is -2.56. The largest absolute Gasteiger partial charge is 0.459 e. The molecule has 4 aliphatic carbocycles. The molecular formula is C22H25N3O3S. The van der Waals surface area contributed by atoms with Crippen LogP contribution in [0.4, 0.5) is 5.13 Å². The van der Waals surface area contributed by atoms with Crippen LogP contribution in [0.3, 0.4) is 0 Å². The first-order chi connectivity index (χ1) is 14.1. The van der Waals surface area contributed by atoms with Crippen LogP contribution in [0.2, 0.25) is 0 Å². The van der Waals surface area contributed by atoms with Gasteiger partial charge >= 0.3 is 0 Å². The van der Waals surface area contributed by atoms with Gasteiger partial charge in [-0.3, -0.25) is 14.9 Å². The van der Waals surface area contributed by atoms with E-state index in [0.717, 1.165) is 60.6 Å². The third kappa shape index (κ3) is 2.93. The van der Waals surface area contributed by atoms with Gasteiger partial charge in [-0.05, 0) is 68.4 Å². The Morgan fingerprint density at radius 2 is 1.90 bits per heavy atom. The van der Waals surface area contributed by atoms with Gasteiger partial charge in [-0.1, -0.05) is 11.3 Å². The summed E-state index contributed by atoms with van der Waals surface area (Å²) < 4.78 is 5.15. The van der Waals surface area contributed by atoms with Crippen molar-refractivity contribution in [1.82, 2.24) is 9.88 Å². The van der Waals surface area contributed by atoms with Crippen molar-refractivity contribution in [3.05, 3.63) is 34.7 Å². The highest BCUT2D eigenvalue weighted by atomic mass is 32.1. The summed E-state index contributed by atoms with van der Waals surface area (Å²) in [6.07, 6.45) is 9.62. The molecule has 0 saturated heterocycles. The highest BCUT2D eigenvalue weighted by Gasteiger charge is 2.55. The van der Waals surface area contributed by atoms with Crippen LogP contribution in [0, 0.1) is 23.2 Å². The normalized spacial score (nSPS) is 32.3. The maximum absolute atomic E-state index is 13.6. The number of carbonyl (C=O) groups is 2. The van der Waals surface area contributed by atoms with Crippen LogP contribution < -0.4 is 5.32 Å². The second-order valence-electron chi connectivity index (χ2n) is 9.49. The Morgan fingerprint density at radius 3 is 2.55 bits per heavy atom. The summed E-state index contributed by atoms with van der Waals surface area (Å²) in [5, 5.41) is 3.41. The number of nitrogens with zero attached hydrogens (tertiary/aromatic N) is 2. The number of fused-ring (bicyclic) bond motifs is 1. The lowest BCUT2D eigenvalue weighted by molar-refractivity contribution is -0.158. The van der Waals surface area contributed by atoms with Crippen LogP contribution in [0.1, 0.15) is 59.7 Å². The highest BCUT2D eigenvalue weighted by molar-refractivity contribution is 7.15. The fourth-order valence-electron chi connectivity index (χ4n) is 6.70. The first kappa shape index (κ1) is 17.7. The van der Waals surface area contributed by atoms with E-state index in [0.29, 0.717) is 17.6 Å². The molecule has 4 fully saturated rings. The van der Waals surface area contributed by atoms with Crippen molar-refractivity contribution < 1.29 is 14.0 Å². The Morgan fingerprint density at radius 1 is 1.17 bits per heavy atom. The zero-order chi connectivity index (χ0) is 19.6. The Hall–Kier alpha value is -2.15. The van der Waals surface area contributed by atoms with Gasteiger partial charge in [0.25, 0.3) is 5.91 Å². The van der Waals surface area contributed by atoms with E-state index < -0.39 is 0 Å². The third-order valence-electron chi connectivity index (χ3n) is 7.48. The molecule has 0 unspecified atom stereocenters. The molecule has 29 heavy (non-hydrogen) atoms. The topological polar surface area (TPSA) is 75.4 Å². The standard InChI is InChI=1S/C22H25N3O3S/c26-19(17-2-1-5-28-17)24-21-23-16-3-4-25(12-18(16)29-21)20(27)22-9-13-6-14(10-22)8-15(7-13)11-22/h1-2,5,13-15H,3-4,6-12H2,(H,23,24,26). The summed E-state index contributed by atoms with van der Waals surface area (Å²) in [7, 11) is 0. The summed E-state index contributed by atoms with van der Waals surface area (Å²) in [4.78, 5) is 33.6. The van der Waals surface area contributed by atoms with Crippen LogP contribution in [-0.2, 0) is 17.8 Å². The molecule has 1 N–H and O–H groups in total. The second kappa shape index (κ2) is 6.42. The molecule has 2 amide bonds. The lowest BCUT2D eigenvalue weighted by Crippen LogP contribution is -2.55. The number of furan rings is 1. The van der Waals surface area contributed by atoms with Gasteiger partial charge in [-0.2, -0.15) is 0 Å². The maximum atomic E-state index is 13.6. The molecule has 0 radical (unpaired) electrons. The molecule has 7 heteroatoms. The molecule has 0 aromatic carbocycles. The first-order valence-electron chi connectivity index (χ1n) is 10.7. The molecule has 4 bridgehead atoms. The summed E-state index contributed by atoms with van der Waals surface area (Å²) in [5.41, 5.74) is 0.923. The van der Waals surface area contributed by atoms with Gasteiger partial charge in [0.2, 0.25) is 5.91 Å². The zero-order valence-corrected chi connectivity index (χ0v) is 17.2. The van der Waals surface area contributed by atoms with Crippen molar-refractivity contribution in [3.63, 3.8) is 0 Å². The number of nitrogens with one attached hydrogen (secondary N) is 1. The molecular weight excluding hydrogens is 386 g/mol. The van der Waals surface area contributed by atoms with Gasteiger partial charge in [0.05, 0.1) is 23.9 Å². The van der Waals surface area contributed by atoms with E-state index in [1.807, 2.05) is 0 Å². The molecule has 6 nitrogen and oxygen atoms in total. The van der Waals surface area contributed by atoms with Gasteiger partial charge in [0.15, 0.2) is 10.9 Å². The average molecular weight is 412 g/mol. The van der Waals surface area contributed by atoms with Crippen molar-refractivity contribution in [2.45, 2.75) is 51.5 Å². The number of carbonyl (C=O) groups excluding carboxylic acids is 2. The smallest absolute Gasteiger partial charge is 0.293 e. The van der Waals surface area contributed by atoms with Gasteiger partial charge in [0, 0.05) is 17.8 Å². The number of hydrogen-bond acceptors (Lipinski definition) is 5. The number of anilines is 1. The fraction of sp³-hybridized carbons (Fsp3) is 0.591. The van der Waals surface area contributed by atoms with Gasteiger partial charge in [-0.25, -0.2) is 4.98 Å². The molecule has 2 aromatic heterocycles. The Bertz CT molecular complexity index is 929. The van der Waals surface area contributed by atoms with Crippen LogP contribution in [0.5, 0.6) is 0 Å². The van der Waals surface area contributed by atoms with E-state index in [-0.39, 0.29) is 17.1 Å². The second-order valence-corrected chi connectivity index (χ2v) is 10.6. The zero-order valence-electron chi connectivity index (χ0n) is 16.4. The minimum atomic E-state index is -0.289. The minimum absolute atomic E-state index is 0.0900. The molecule has 1 aliphatic heterocycles. The molecule has 0 atom stereocenters. The molecule has 0 spiro atoms. The fourth-order valence-corrected chi connectivity index (χ4v) is 7.72. The van der Waals surface area contributed by atoms with Crippen molar-refractivity contribution in [1.29, 1.82) is 0 Å². The molecule has 2 aromatic rings. The van der Waals surface area contributed by atoms with Crippen LogP contribution >= 0.6 is 11.3 Å². The lowest BCUT2D eigenvalue weighted by atomic mass is 9.49. The van der Waals surface area contributed by atoms with Gasteiger partial charge < -0.3 is 9.32 Å². The van der Waals surface area contributed by atoms with Crippen molar-refractivity contribution in [3.8, 4) is 0 Å². The Labute approximate surface area is 173 Å². The van der Waals surface area contributed by atoms with Crippen LogP contribution in [0.25, 0.3) is 0 Å². The highest BCUT2D eigenvalue weighted by Crippen LogP contribution is 2.60. The molecule has 4 saturated carbocycles. The SMILES string of the molecule is O=C(Nc1nc2c(s1)CN(C(=O)C13CC4CC(CC(C4)C1)C3)CC2)c1ccco1. The van der Waals surface area contributed by atoms with Gasteiger partial charge in [0.1, 0.15) is 0 Å². The predicted octanol–water partition coefficient (Wildman–Crippen LogP) is 4.09. The summed E-state index contributed by atoms with van der Waals surface area (Å²) >= 11 is 1.48. The summed E-state index contributed by atoms with van der Waals surface area (Å²) in [6, 6.07) is 3.32. The van der Waals surface area contributed by atoms with E-state index >= 15 is 0 Å². The Kier molecular flexibility index (Phi) is 3.92. The number of rotatable bonds is 3. The molecule has 3 heterocycles. The summed E-state index contributed by atoms with van der Waals surface area (Å²) in [5.74, 6) is 2.70. The third-order valence-corrected chi connectivity index (χ3v) is 8.47.